The standard InChI is InChI=1S/C22H24N6O3/c1-14-19(21(29)25-16-6-10-18(11-7-16)28(30)31)20(27-13-12-23-22(27)24-14)15-4-8-17(9-5-15)26(2)3/h4-11,20H,12-13H2,1-3H3,(H,23,24)(H,25,29). The molecule has 31 heavy (non-hydrogen) atoms. The van der Waals surface area contributed by atoms with Crippen molar-refractivity contribution in [2.45, 2.75) is 13.0 Å². The van der Waals surface area contributed by atoms with Gasteiger partial charge in [-0.3, -0.25) is 19.9 Å². The van der Waals surface area contributed by atoms with Gasteiger partial charge in [0.15, 0.2) is 5.96 Å². The molecular formula is C22H24N6O3. The van der Waals surface area contributed by atoms with Crippen molar-refractivity contribution in [3.05, 3.63) is 75.5 Å². The maximum atomic E-state index is 13.3. The molecule has 0 aliphatic carbocycles. The number of allylic oxidation sites excluding steroid dienone is 1. The topological polar surface area (TPSA) is 103 Å². The highest BCUT2D eigenvalue weighted by molar-refractivity contribution is 6.07. The molecule has 0 saturated carbocycles. The second-order valence-corrected chi connectivity index (χ2v) is 7.71. The summed E-state index contributed by atoms with van der Waals surface area (Å²) in [6.45, 7) is 3.24. The van der Waals surface area contributed by atoms with Gasteiger partial charge in [-0.2, -0.15) is 0 Å². The number of hydrogen-bond acceptors (Lipinski definition) is 7. The van der Waals surface area contributed by atoms with Crippen LogP contribution in [-0.2, 0) is 4.79 Å². The Bertz CT molecular complexity index is 1070. The minimum atomic E-state index is -0.467. The molecule has 2 aromatic rings. The molecular weight excluding hydrogens is 396 g/mol. The number of nitrogens with one attached hydrogen (secondary N) is 2. The molecule has 0 bridgehead atoms. The van der Waals surface area contributed by atoms with E-state index in [0.29, 0.717) is 24.4 Å². The summed E-state index contributed by atoms with van der Waals surface area (Å²) >= 11 is 0. The lowest BCUT2D eigenvalue weighted by atomic mass is 9.93. The zero-order chi connectivity index (χ0) is 22.1. The first-order valence-electron chi connectivity index (χ1n) is 9.97. The van der Waals surface area contributed by atoms with E-state index in [0.717, 1.165) is 22.9 Å². The van der Waals surface area contributed by atoms with Crippen LogP contribution in [0.4, 0.5) is 17.1 Å². The number of non-ortho nitro benzene ring substituents is 1. The minimum Gasteiger partial charge on any atom is -0.378 e. The Morgan fingerprint density at radius 2 is 1.87 bits per heavy atom. The van der Waals surface area contributed by atoms with E-state index < -0.39 is 4.92 Å². The summed E-state index contributed by atoms with van der Waals surface area (Å²) in [5, 5.41) is 17.0. The van der Waals surface area contributed by atoms with Gasteiger partial charge < -0.3 is 20.4 Å². The van der Waals surface area contributed by atoms with Crippen molar-refractivity contribution in [2.24, 2.45) is 4.99 Å². The molecule has 9 heteroatoms. The summed E-state index contributed by atoms with van der Waals surface area (Å²) in [7, 11) is 3.97. The third-order valence-corrected chi connectivity index (χ3v) is 5.47. The minimum absolute atomic E-state index is 0.0236. The molecule has 1 amide bonds. The van der Waals surface area contributed by atoms with Crippen LogP contribution in [0.2, 0.25) is 0 Å². The number of nitro benzene ring substituents is 1. The zero-order valence-electron chi connectivity index (χ0n) is 17.6. The number of carbonyl (C=O) groups excluding carboxylic acids is 1. The van der Waals surface area contributed by atoms with Crippen molar-refractivity contribution < 1.29 is 9.72 Å². The summed E-state index contributed by atoms with van der Waals surface area (Å²) < 4.78 is 0. The van der Waals surface area contributed by atoms with Crippen LogP contribution in [-0.4, -0.2) is 48.9 Å². The van der Waals surface area contributed by atoms with Crippen molar-refractivity contribution in [3.63, 3.8) is 0 Å². The summed E-state index contributed by atoms with van der Waals surface area (Å²) in [5.74, 6) is 0.512. The molecule has 0 saturated heterocycles. The van der Waals surface area contributed by atoms with Crippen molar-refractivity contribution >= 4 is 28.9 Å². The molecule has 1 atom stereocenters. The number of anilines is 2. The Morgan fingerprint density at radius 3 is 2.48 bits per heavy atom. The molecule has 1 unspecified atom stereocenters. The van der Waals surface area contributed by atoms with Gasteiger partial charge >= 0.3 is 0 Å². The first-order valence-corrected chi connectivity index (χ1v) is 9.97. The average Bonchev–Trinajstić information content (AvgIpc) is 3.21. The highest BCUT2D eigenvalue weighted by Crippen LogP contribution is 2.36. The van der Waals surface area contributed by atoms with E-state index in [1.165, 1.54) is 24.3 Å². The maximum Gasteiger partial charge on any atom is 0.269 e. The van der Waals surface area contributed by atoms with Crippen LogP contribution in [0.5, 0.6) is 0 Å². The molecule has 2 aliphatic heterocycles. The Balaban J connectivity index is 1.67. The van der Waals surface area contributed by atoms with Crippen LogP contribution in [0.15, 0.2) is 64.8 Å². The van der Waals surface area contributed by atoms with Crippen LogP contribution < -0.4 is 15.5 Å². The van der Waals surface area contributed by atoms with Gasteiger partial charge in [-0.05, 0) is 36.8 Å². The van der Waals surface area contributed by atoms with E-state index in [-0.39, 0.29) is 17.6 Å². The molecule has 2 N–H and O–H groups in total. The molecule has 160 valence electrons. The van der Waals surface area contributed by atoms with Crippen molar-refractivity contribution in [1.82, 2.24) is 10.2 Å². The highest BCUT2D eigenvalue weighted by atomic mass is 16.6. The van der Waals surface area contributed by atoms with Crippen molar-refractivity contribution in [2.75, 3.05) is 37.4 Å². The van der Waals surface area contributed by atoms with Crippen LogP contribution in [0.25, 0.3) is 0 Å². The van der Waals surface area contributed by atoms with E-state index in [2.05, 4.69) is 20.5 Å². The SMILES string of the molecule is CC1=C(C(=O)Nc2ccc([N+](=O)[O-])cc2)C(c2ccc(N(C)C)cc2)N2CCN=C2N1. The number of guanidine groups is 1. The fourth-order valence-electron chi connectivity index (χ4n) is 3.88. The maximum absolute atomic E-state index is 13.3. The van der Waals surface area contributed by atoms with E-state index in [4.69, 9.17) is 0 Å². The Hall–Kier alpha value is -3.88. The number of nitro groups is 1. The molecule has 0 radical (unpaired) electrons. The first-order chi connectivity index (χ1) is 14.8. The van der Waals surface area contributed by atoms with Gasteiger partial charge in [0, 0.05) is 49.8 Å². The van der Waals surface area contributed by atoms with Crippen molar-refractivity contribution in [1.29, 1.82) is 0 Å². The summed E-state index contributed by atoms with van der Waals surface area (Å²) in [6.07, 6.45) is 0. The molecule has 0 fully saturated rings. The predicted molar refractivity (Wildman–Crippen MR) is 120 cm³/mol. The number of benzene rings is 2. The lowest BCUT2D eigenvalue weighted by molar-refractivity contribution is -0.384. The zero-order valence-corrected chi connectivity index (χ0v) is 17.6. The summed E-state index contributed by atoms with van der Waals surface area (Å²) in [5.41, 5.74) is 3.87. The van der Waals surface area contributed by atoms with E-state index in [9.17, 15) is 14.9 Å². The molecule has 2 heterocycles. The third kappa shape index (κ3) is 3.94. The fourth-order valence-corrected chi connectivity index (χ4v) is 3.88. The van der Waals surface area contributed by atoms with Gasteiger partial charge in [0.05, 0.1) is 23.1 Å². The van der Waals surface area contributed by atoms with Crippen LogP contribution in [0, 0.1) is 10.1 Å². The number of carbonyl (C=O) groups is 1. The second-order valence-electron chi connectivity index (χ2n) is 7.71. The summed E-state index contributed by atoms with van der Waals surface area (Å²) in [4.78, 5) is 32.4. The van der Waals surface area contributed by atoms with Gasteiger partial charge in [0.1, 0.15) is 0 Å². The first kappa shape index (κ1) is 20.4. The van der Waals surface area contributed by atoms with E-state index in [1.54, 1.807) is 0 Å². The molecule has 9 nitrogen and oxygen atoms in total. The number of nitrogens with zero attached hydrogens (tertiary/aromatic N) is 4. The second kappa shape index (κ2) is 8.10. The van der Waals surface area contributed by atoms with Gasteiger partial charge in [-0.1, -0.05) is 12.1 Å². The average molecular weight is 420 g/mol. The highest BCUT2D eigenvalue weighted by Gasteiger charge is 2.38. The van der Waals surface area contributed by atoms with Gasteiger partial charge in [-0.15, -0.1) is 0 Å². The number of hydrogen-bond donors (Lipinski definition) is 2. The molecule has 0 aromatic heterocycles. The molecule has 2 aromatic carbocycles. The lowest BCUT2D eigenvalue weighted by Crippen LogP contribution is -2.47. The van der Waals surface area contributed by atoms with Gasteiger partial charge in [-0.25, -0.2) is 0 Å². The van der Waals surface area contributed by atoms with Crippen molar-refractivity contribution in [3.8, 4) is 0 Å². The van der Waals surface area contributed by atoms with Gasteiger partial charge in [0.2, 0.25) is 0 Å². The summed E-state index contributed by atoms with van der Waals surface area (Å²) in [6, 6.07) is 13.7. The Kier molecular flexibility index (Phi) is 5.33. The number of amides is 1. The smallest absolute Gasteiger partial charge is 0.269 e. The van der Waals surface area contributed by atoms with Crippen LogP contribution in [0.3, 0.4) is 0 Å². The largest absolute Gasteiger partial charge is 0.378 e. The number of aliphatic imine (C=N–C) groups is 1. The van der Waals surface area contributed by atoms with Gasteiger partial charge in [0.25, 0.3) is 11.6 Å². The third-order valence-electron chi connectivity index (χ3n) is 5.47. The molecule has 2 aliphatic rings. The van der Waals surface area contributed by atoms with E-state index >= 15 is 0 Å². The predicted octanol–water partition coefficient (Wildman–Crippen LogP) is 2.89. The monoisotopic (exact) mass is 420 g/mol. The van der Waals surface area contributed by atoms with Crippen LogP contribution in [0.1, 0.15) is 18.5 Å². The number of fused-ring (bicyclic) bond motifs is 1. The Morgan fingerprint density at radius 1 is 1.19 bits per heavy atom. The fraction of sp³-hybridized carbons (Fsp3) is 0.273. The van der Waals surface area contributed by atoms with Crippen LogP contribution >= 0.6 is 0 Å². The Labute approximate surface area is 180 Å². The normalized spacial score (nSPS) is 17.6. The number of rotatable bonds is 5. The molecule has 4 rings (SSSR count). The quantitative estimate of drug-likeness (QED) is 0.570. The van der Waals surface area contributed by atoms with E-state index in [1.807, 2.05) is 50.2 Å². The lowest BCUT2D eigenvalue weighted by Gasteiger charge is -2.37. The molecule has 0 spiro atoms.